The van der Waals surface area contributed by atoms with Gasteiger partial charge in [-0.15, -0.1) is 0 Å². The van der Waals surface area contributed by atoms with Gasteiger partial charge in [0.05, 0.1) is 48.1 Å². The number of carboxylic acids is 1. The Morgan fingerprint density at radius 1 is 1.13 bits per heavy atom. The van der Waals surface area contributed by atoms with Gasteiger partial charge in [0, 0.05) is 11.6 Å². The zero-order valence-corrected chi connectivity index (χ0v) is 18.6. The first kappa shape index (κ1) is 21.7. The number of halogens is 2. The Kier molecular flexibility index (Phi) is 5.11. The first-order valence-corrected chi connectivity index (χ1v) is 10.3. The number of aliphatic carboxylic acids is 1. The van der Waals surface area contributed by atoms with Gasteiger partial charge in [-0.3, -0.25) is 9.59 Å². The van der Waals surface area contributed by atoms with Crippen LogP contribution >= 0.6 is 23.2 Å². The van der Waals surface area contributed by atoms with Crippen molar-refractivity contribution >= 4 is 35.1 Å². The SMILES string of the molecule is COc1ccc(CN2C(=O)[C@@H]3[C@@H](C(=O)O)[C@]3(c3ccc(Cl)c(Cl)c3)C2(C)O)c(OC)c1. The van der Waals surface area contributed by atoms with E-state index in [1.807, 2.05) is 0 Å². The molecule has 0 aromatic heterocycles. The maximum absolute atomic E-state index is 13.3. The molecule has 31 heavy (non-hydrogen) atoms. The highest BCUT2D eigenvalue weighted by molar-refractivity contribution is 6.42. The molecule has 1 unspecified atom stereocenters. The minimum absolute atomic E-state index is 0.0327. The number of rotatable bonds is 6. The third kappa shape index (κ3) is 2.91. The molecule has 2 aliphatic rings. The number of fused-ring (bicyclic) bond motifs is 1. The molecule has 9 heteroatoms. The van der Waals surface area contributed by atoms with Crippen LogP contribution in [0.3, 0.4) is 0 Å². The van der Waals surface area contributed by atoms with E-state index in [9.17, 15) is 19.8 Å². The number of hydrogen-bond donors (Lipinski definition) is 2. The van der Waals surface area contributed by atoms with Gasteiger partial charge in [-0.25, -0.2) is 0 Å². The van der Waals surface area contributed by atoms with E-state index in [2.05, 4.69) is 0 Å². The topological polar surface area (TPSA) is 96.3 Å². The molecular formula is C22H21Cl2NO6. The summed E-state index contributed by atoms with van der Waals surface area (Å²) < 4.78 is 10.6. The predicted octanol–water partition coefficient (Wildman–Crippen LogP) is 3.33. The van der Waals surface area contributed by atoms with Crippen molar-refractivity contribution in [3.05, 3.63) is 57.6 Å². The molecule has 1 saturated carbocycles. The van der Waals surface area contributed by atoms with Crippen molar-refractivity contribution in [1.29, 1.82) is 0 Å². The molecule has 0 bridgehead atoms. The lowest BCUT2D eigenvalue weighted by molar-refractivity contribution is -0.162. The molecule has 2 N–H and O–H groups in total. The lowest BCUT2D eigenvalue weighted by Crippen LogP contribution is -2.53. The highest BCUT2D eigenvalue weighted by atomic mass is 35.5. The van der Waals surface area contributed by atoms with Crippen molar-refractivity contribution in [3.8, 4) is 11.5 Å². The van der Waals surface area contributed by atoms with Crippen molar-refractivity contribution in [3.63, 3.8) is 0 Å². The Labute approximate surface area is 189 Å². The monoisotopic (exact) mass is 465 g/mol. The third-order valence-electron chi connectivity index (χ3n) is 6.53. The molecule has 1 amide bonds. The average molecular weight is 466 g/mol. The summed E-state index contributed by atoms with van der Waals surface area (Å²) in [6, 6.07) is 9.83. The first-order valence-electron chi connectivity index (χ1n) is 9.54. The van der Waals surface area contributed by atoms with Crippen molar-refractivity contribution in [2.75, 3.05) is 14.2 Å². The average Bonchev–Trinajstić information content (AvgIpc) is 3.42. The fraction of sp³-hybridized carbons (Fsp3) is 0.364. The normalized spacial score (nSPS) is 29.0. The number of benzene rings is 2. The zero-order valence-electron chi connectivity index (χ0n) is 17.1. The van der Waals surface area contributed by atoms with Crippen LogP contribution in [0.15, 0.2) is 36.4 Å². The Balaban J connectivity index is 1.78. The second-order valence-electron chi connectivity index (χ2n) is 7.91. The van der Waals surface area contributed by atoms with Crippen molar-refractivity contribution in [2.24, 2.45) is 11.8 Å². The number of amides is 1. The van der Waals surface area contributed by atoms with Gasteiger partial charge < -0.3 is 24.6 Å². The van der Waals surface area contributed by atoms with Gasteiger partial charge in [0.1, 0.15) is 17.2 Å². The molecule has 1 aliphatic carbocycles. The number of hydrogen-bond acceptors (Lipinski definition) is 5. The van der Waals surface area contributed by atoms with Gasteiger partial charge in [0.2, 0.25) is 5.91 Å². The summed E-state index contributed by atoms with van der Waals surface area (Å²) >= 11 is 12.2. The van der Waals surface area contributed by atoms with Gasteiger partial charge >= 0.3 is 5.97 Å². The number of likely N-dealkylation sites (tertiary alicyclic amines) is 1. The van der Waals surface area contributed by atoms with Crippen LogP contribution in [0.2, 0.25) is 10.0 Å². The lowest BCUT2D eigenvalue weighted by atomic mass is 9.83. The number of nitrogens with zero attached hydrogens (tertiary/aromatic N) is 1. The van der Waals surface area contributed by atoms with Crippen LogP contribution in [0.5, 0.6) is 11.5 Å². The third-order valence-corrected chi connectivity index (χ3v) is 7.27. The number of methoxy groups -OCH3 is 2. The molecule has 2 aromatic rings. The van der Waals surface area contributed by atoms with E-state index >= 15 is 0 Å². The molecule has 1 aliphatic heterocycles. The summed E-state index contributed by atoms with van der Waals surface area (Å²) in [6.07, 6.45) is 0. The standard InChI is InChI=1S/C22H21Cl2NO6/c1-21(29)22(12-5-7-14(23)15(24)8-12)17(18(22)20(27)28)19(26)25(21)10-11-4-6-13(30-2)9-16(11)31-3/h4-9,17-18,29H,10H2,1-3H3,(H,27,28)/t17-,18-,21?,22+/m0/s1. The van der Waals surface area contributed by atoms with E-state index in [1.54, 1.807) is 24.3 Å². The van der Waals surface area contributed by atoms with Gasteiger partial charge in [0.15, 0.2) is 0 Å². The number of ether oxygens (including phenoxy) is 2. The summed E-state index contributed by atoms with van der Waals surface area (Å²) in [7, 11) is 3.03. The second kappa shape index (κ2) is 7.29. The van der Waals surface area contributed by atoms with Crippen LogP contribution in [0, 0.1) is 11.8 Å². The Hall–Kier alpha value is -2.48. The van der Waals surface area contributed by atoms with Gasteiger partial charge in [0.25, 0.3) is 0 Å². The number of carbonyl (C=O) groups excluding carboxylic acids is 1. The summed E-state index contributed by atoms with van der Waals surface area (Å²) in [5.74, 6) is -2.50. The summed E-state index contributed by atoms with van der Waals surface area (Å²) in [6.45, 7) is 1.50. The van der Waals surface area contributed by atoms with Crippen LogP contribution < -0.4 is 9.47 Å². The minimum atomic E-state index is -1.79. The highest BCUT2D eigenvalue weighted by Crippen LogP contribution is 2.71. The Morgan fingerprint density at radius 2 is 1.84 bits per heavy atom. The molecule has 4 atom stereocenters. The molecule has 0 spiro atoms. The minimum Gasteiger partial charge on any atom is -0.497 e. The maximum atomic E-state index is 13.3. The molecule has 4 rings (SSSR count). The molecule has 2 aromatic carbocycles. The fourth-order valence-electron chi connectivity index (χ4n) is 5.03. The molecule has 7 nitrogen and oxygen atoms in total. The van der Waals surface area contributed by atoms with Crippen molar-refractivity contribution in [2.45, 2.75) is 24.6 Å². The first-order chi connectivity index (χ1) is 14.6. The Morgan fingerprint density at radius 3 is 2.42 bits per heavy atom. The second-order valence-corrected chi connectivity index (χ2v) is 8.73. The number of aliphatic hydroxyl groups is 1. The van der Waals surface area contributed by atoms with Gasteiger partial charge in [-0.05, 0) is 36.8 Å². The highest BCUT2D eigenvalue weighted by Gasteiger charge is 2.86. The molecular weight excluding hydrogens is 445 g/mol. The van der Waals surface area contributed by atoms with Crippen molar-refractivity contribution < 1.29 is 29.3 Å². The molecule has 1 heterocycles. The largest absolute Gasteiger partial charge is 0.497 e. The smallest absolute Gasteiger partial charge is 0.308 e. The van der Waals surface area contributed by atoms with E-state index in [-0.39, 0.29) is 11.6 Å². The predicted molar refractivity (Wildman–Crippen MR) is 113 cm³/mol. The van der Waals surface area contributed by atoms with Gasteiger partial charge in [-0.2, -0.15) is 0 Å². The maximum Gasteiger partial charge on any atom is 0.308 e. The number of carbonyl (C=O) groups is 2. The fourth-order valence-corrected chi connectivity index (χ4v) is 5.33. The summed E-state index contributed by atoms with van der Waals surface area (Å²) in [5.41, 5.74) is -2.03. The van der Waals surface area contributed by atoms with E-state index in [1.165, 1.54) is 38.2 Å². The van der Waals surface area contributed by atoms with Crippen molar-refractivity contribution in [1.82, 2.24) is 4.90 Å². The Bertz CT molecular complexity index is 1090. The zero-order chi connectivity index (χ0) is 22.7. The lowest BCUT2D eigenvalue weighted by Gasteiger charge is -2.39. The quantitative estimate of drug-likeness (QED) is 0.678. The number of carboxylic acid groups (broad SMARTS) is 1. The number of piperidine rings is 1. The van der Waals surface area contributed by atoms with Crippen LogP contribution in [-0.2, 0) is 21.5 Å². The van der Waals surface area contributed by atoms with E-state index in [0.717, 1.165) is 0 Å². The van der Waals surface area contributed by atoms with Crippen LogP contribution in [-0.4, -0.2) is 46.9 Å². The van der Waals surface area contributed by atoms with E-state index in [4.69, 9.17) is 32.7 Å². The molecule has 2 fully saturated rings. The van der Waals surface area contributed by atoms with Crippen LogP contribution in [0.25, 0.3) is 0 Å². The molecule has 164 valence electrons. The molecule has 1 saturated heterocycles. The summed E-state index contributed by atoms with van der Waals surface area (Å²) in [5, 5.41) is 22.0. The summed E-state index contributed by atoms with van der Waals surface area (Å²) in [4.78, 5) is 26.6. The van der Waals surface area contributed by atoms with Gasteiger partial charge in [-0.1, -0.05) is 29.3 Å². The van der Waals surface area contributed by atoms with E-state index in [0.29, 0.717) is 27.6 Å². The molecule has 0 radical (unpaired) electrons. The van der Waals surface area contributed by atoms with E-state index < -0.39 is 34.9 Å². The van der Waals surface area contributed by atoms with Crippen LogP contribution in [0.4, 0.5) is 0 Å². The van der Waals surface area contributed by atoms with Crippen LogP contribution in [0.1, 0.15) is 18.1 Å².